The predicted molar refractivity (Wildman–Crippen MR) is 91.2 cm³/mol. The van der Waals surface area contributed by atoms with E-state index >= 15 is 0 Å². The number of rotatable bonds is 7. The van der Waals surface area contributed by atoms with Crippen LogP contribution < -0.4 is 5.32 Å². The third-order valence-electron chi connectivity index (χ3n) is 2.72. The highest BCUT2D eigenvalue weighted by atomic mass is 32.2. The lowest BCUT2D eigenvalue weighted by Gasteiger charge is -1.97. The fourth-order valence-corrected chi connectivity index (χ4v) is 4.24. The maximum absolute atomic E-state index is 12.1. The monoisotopic (exact) mass is 367 g/mol. The second kappa shape index (κ2) is 7.73. The number of hydrogen-bond acceptors (Lipinski definition) is 8. The standard InChI is InChI=1S/C14H13N3O3S3/c1-19-7-9-4-5-11(20-9)12(18)15-13-16-17-14(23-13)22-8-10-3-2-6-21-10/h2-6H,7-8H2,1H3,(H,15,16,18). The normalized spacial score (nSPS) is 10.8. The number of furan rings is 1. The number of nitrogens with one attached hydrogen (secondary N) is 1. The van der Waals surface area contributed by atoms with Gasteiger partial charge in [0.15, 0.2) is 10.1 Å². The first kappa shape index (κ1) is 16.2. The number of anilines is 1. The van der Waals surface area contributed by atoms with Gasteiger partial charge in [0.2, 0.25) is 5.13 Å². The highest BCUT2D eigenvalue weighted by molar-refractivity contribution is 8.00. The highest BCUT2D eigenvalue weighted by Crippen LogP contribution is 2.29. The summed E-state index contributed by atoms with van der Waals surface area (Å²) >= 11 is 4.64. The Morgan fingerprint density at radius 3 is 3.09 bits per heavy atom. The molecule has 1 amide bonds. The quantitative estimate of drug-likeness (QED) is 0.504. The van der Waals surface area contributed by atoms with Gasteiger partial charge < -0.3 is 9.15 Å². The van der Waals surface area contributed by atoms with Gasteiger partial charge in [-0.1, -0.05) is 29.2 Å². The molecule has 0 saturated heterocycles. The van der Waals surface area contributed by atoms with Gasteiger partial charge in [-0.25, -0.2) is 0 Å². The molecule has 0 aliphatic rings. The molecule has 0 saturated carbocycles. The van der Waals surface area contributed by atoms with Crippen molar-refractivity contribution in [1.29, 1.82) is 0 Å². The fraction of sp³-hybridized carbons (Fsp3) is 0.214. The molecule has 9 heteroatoms. The summed E-state index contributed by atoms with van der Waals surface area (Å²) in [4.78, 5) is 13.3. The molecule has 0 aliphatic carbocycles. The molecule has 0 fully saturated rings. The first-order valence-electron chi connectivity index (χ1n) is 6.62. The molecule has 0 unspecified atom stereocenters. The molecule has 0 aliphatic heterocycles. The third kappa shape index (κ3) is 4.41. The zero-order chi connectivity index (χ0) is 16.1. The molecular formula is C14H13N3O3S3. The summed E-state index contributed by atoms with van der Waals surface area (Å²) in [5.41, 5.74) is 0. The van der Waals surface area contributed by atoms with Crippen molar-refractivity contribution < 1.29 is 13.9 Å². The molecule has 3 rings (SSSR count). The molecule has 3 heterocycles. The molecular weight excluding hydrogens is 354 g/mol. The summed E-state index contributed by atoms with van der Waals surface area (Å²) in [5, 5.41) is 13.2. The molecule has 1 N–H and O–H groups in total. The Labute approximate surface area is 144 Å². The molecule has 23 heavy (non-hydrogen) atoms. The van der Waals surface area contributed by atoms with E-state index in [1.165, 1.54) is 16.2 Å². The molecule has 0 aromatic carbocycles. The number of nitrogens with zero attached hydrogens (tertiary/aromatic N) is 2. The lowest BCUT2D eigenvalue weighted by molar-refractivity contribution is 0.0987. The number of carbonyl (C=O) groups excluding carboxylic acids is 1. The van der Waals surface area contributed by atoms with E-state index < -0.39 is 0 Å². The second-order valence-electron chi connectivity index (χ2n) is 4.39. The van der Waals surface area contributed by atoms with Gasteiger partial charge in [0.05, 0.1) is 0 Å². The van der Waals surface area contributed by atoms with E-state index in [-0.39, 0.29) is 11.7 Å². The molecule has 0 spiro atoms. The number of aromatic nitrogens is 2. The van der Waals surface area contributed by atoms with Crippen molar-refractivity contribution in [3.63, 3.8) is 0 Å². The second-order valence-corrected chi connectivity index (χ2v) is 7.63. The Balaban J connectivity index is 1.56. The first-order chi connectivity index (χ1) is 11.2. The fourth-order valence-electron chi connectivity index (χ4n) is 1.72. The van der Waals surface area contributed by atoms with E-state index in [1.54, 1.807) is 42.3 Å². The van der Waals surface area contributed by atoms with E-state index in [2.05, 4.69) is 21.6 Å². The Kier molecular flexibility index (Phi) is 5.44. The molecule has 120 valence electrons. The van der Waals surface area contributed by atoms with Crippen LogP contribution in [0.5, 0.6) is 0 Å². The topological polar surface area (TPSA) is 77.2 Å². The molecule has 3 aromatic heterocycles. The Morgan fingerprint density at radius 1 is 1.39 bits per heavy atom. The largest absolute Gasteiger partial charge is 0.453 e. The van der Waals surface area contributed by atoms with E-state index in [0.717, 1.165) is 10.1 Å². The number of carbonyl (C=O) groups is 1. The van der Waals surface area contributed by atoms with Crippen molar-refractivity contribution in [2.24, 2.45) is 0 Å². The van der Waals surface area contributed by atoms with Gasteiger partial charge in [-0.3, -0.25) is 10.1 Å². The van der Waals surface area contributed by atoms with Crippen molar-refractivity contribution in [2.45, 2.75) is 16.7 Å². The van der Waals surface area contributed by atoms with Crippen LogP contribution in [0.3, 0.4) is 0 Å². The maximum Gasteiger partial charge on any atom is 0.293 e. The van der Waals surface area contributed by atoms with Gasteiger partial charge in [-0.15, -0.1) is 21.5 Å². The summed E-state index contributed by atoms with van der Waals surface area (Å²) in [6, 6.07) is 7.42. The molecule has 0 bridgehead atoms. The Morgan fingerprint density at radius 2 is 2.30 bits per heavy atom. The van der Waals surface area contributed by atoms with Crippen LogP contribution in [-0.4, -0.2) is 23.2 Å². The summed E-state index contributed by atoms with van der Waals surface area (Å²) in [6.07, 6.45) is 0. The van der Waals surface area contributed by atoms with Gasteiger partial charge in [0.1, 0.15) is 12.4 Å². The van der Waals surface area contributed by atoms with Crippen molar-refractivity contribution in [3.05, 3.63) is 46.0 Å². The van der Waals surface area contributed by atoms with Crippen LogP contribution in [0.25, 0.3) is 0 Å². The minimum Gasteiger partial charge on any atom is -0.453 e. The van der Waals surface area contributed by atoms with Crippen molar-refractivity contribution >= 4 is 45.5 Å². The molecule has 3 aromatic rings. The average molecular weight is 367 g/mol. The van der Waals surface area contributed by atoms with Crippen molar-refractivity contribution in [2.75, 3.05) is 12.4 Å². The van der Waals surface area contributed by atoms with Crippen molar-refractivity contribution in [1.82, 2.24) is 10.2 Å². The maximum atomic E-state index is 12.1. The van der Waals surface area contributed by atoms with E-state index in [4.69, 9.17) is 9.15 Å². The molecule has 0 radical (unpaired) electrons. The molecule has 0 atom stereocenters. The van der Waals surface area contributed by atoms with Crippen molar-refractivity contribution in [3.8, 4) is 0 Å². The first-order valence-corrected chi connectivity index (χ1v) is 9.30. The zero-order valence-corrected chi connectivity index (χ0v) is 14.6. The van der Waals surface area contributed by atoms with Crippen LogP contribution in [0.15, 0.2) is 38.4 Å². The van der Waals surface area contributed by atoms with Crippen LogP contribution in [0.1, 0.15) is 21.2 Å². The van der Waals surface area contributed by atoms with Crippen LogP contribution in [0.4, 0.5) is 5.13 Å². The van der Waals surface area contributed by atoms with E-state index in [0.29, 0.717) is 17.5 Å². The van der Waals surface area contributed by atoms with E-state index in [1.807, 2.05) is 11.4 Å². The van der Waals surface area contributed by atoms with Gasteiger partial charge >= 0.3 is 0 Å². The number of ether oxygens (including phenoxy) is 1. The minimum atomic E-state index is -0.349. The zero-order valence-electron chi connectivity index (χ0n) is 12.1. The van der Waals surface area contributed by atoms with Gasteiger partial charge in [-0.05, 0) is 23.6 Å². The Bertz CT molecular complexity index is 767. The summed E-state index contributed by atoms with van der Waals surface area (Å²) in [5.74, 6) is 1.32. The number of hydrogen-bond donors (Lipinski definition) is 1. The summed E-state index contributed by atoms with van der Waals surface area (Å²) < 4.78 is 11.1. The van der Waals surface area contributed by atoms with Crippen LogP contribution in [0.2, 0.25) is 0 Å². The molecule has 6 nitrogen and oxygen atoms in total. The SMILES string of the molecule is COCc1ccc(C(=O)Nc2nnc(SCc3cccs3)s2)o1. The Hall–Kier alpha value is -1.68. The predicted octanol–water partition coefficient (Wildman–Crippen LogP) is 3.88. The number of methoxy groups -OCH3 is 1. The van der Waals surface area contributed by atoms with Gasteiger partial charge in [0, 0.05) is 17.7 Å². The van der Waals surface area contributed by atoms with Crippen LogP contribution in [-0.2, 0) is 17.1 Å². The number of amides is 1. The van der Waals surface area contributed by atoms with Gasteiger partial charge in [0.25, 0.3) is 5.91 Å². The summed E-state index contributed by atoms with van der Waals surface area (Å²) in [7, 11) is 1.57. The number of thioether (sulfide) groups is 1. The number of thiophene rings is 1. The van der Waals surface area contributed by atoms with Crippen LogP contribution in [0, 0.1) is 0 Å². The highest BCUT2D eigenvalue weighted by Gasteiger charge is 2.14. The smallest absolute Gasteiger partial charge is 0.293 e. The minimum absolute atomic E-state index is 0.222. The third-order valence-corrected chi connectivity index (χ3v) is 5.80. The van der Waals surface area contributed by atoms with Crippen LogP contribution >= 0.6 is 34.4 Å². The average Bonchev–Trinajstić information content (AvgIpc) is 3.27. The van der Waals surface area contributed by atoms with E-state index in [9.17, 15) is 4.79 Å². The summed E-state index contributed by atoms with van der Waals surface area (Å²) in [6.45, 7) is 0.329. The lowest BCUT2D eigenvalue weighted by atomic mass is 10.4. The van der Waals surface area contributed by atoms with Gasteiger partial charge in [-0.2, -0.15) is 0 Å². The lowest BCUT2D eigenvalue weighted by Crippen LogP contribution is -2.10.